The fourth-order valence-corrected chi connectivity index (χ4v) is 7.97. The highest BCUT2D eigenvalue weighted by atomic mass is 16.6. The lowest BCUT2D eigenvalue weighted by molar-refractivity contribution is -0.167. The van der Waals surface area contributed by atoms with Gasteiger partial charge in [0.15, 0.2) is 6.10 Å². The summed E-state index contributed by atoms with van der Waals surface area (Å²) in [7, 11) is 0. The second-order valence-electron chi connectivity index (χ2n) is 19.9. The highest BCUT2D eigenvalue weighted by Crippen LogP contribution is 2.14. The first-order chi connectivity index (χ1) is 37.5. The molecule has 6 nitrogen and oxygen atoms in total. The van der Waals surface area contributed by atoms with Crippen molar-refractivity contribution in [3.63, 3.8) is 0 Å². The van der Waals surface area contributed by atoms with Crippen molar-refractivity contribution in [3.8, 4) is 0 Å². The summed E-state index contributed by atoms with van der Waals surface area (Å²) in [6.07, 6.45) is 90.1. The van der Waals surface area contributed by atoms with E-state index in [0.29, 0.717) is 25.7 Å². The van der Waals surface area contributed by atoms with Gasteiger partial charge in [-0.2, -0.15) is 0 Å². The van der Waals surface area contributed by atoms with Gasteiger partial charge in [-0.15, -0.1) is 0 Å². The Hall–Kier alpha value is -4.71. The minimum atomic E-state index is -0.803. The van der Waals surface area contributed by atoms with Crippen LogP contribution in [0.3, 0.4) is 0 Å². The number of ether oxygens (including phenoxy) is 3. The number of carbonyl (C=O) groups is 3. The van der Waals surface area contributed by atoms with E-state index >= 15 is 0 Å². The number of rotatable bonds is 54. The van der Waals surface area contributed by atoms with Crippen LogP contribution in [0.25, 0.3) is 0 Å². The van der Waals surface area contributed by atoms with Gasteiger partial charge in [-0.3, -0.25) is 14.4 Å². The summed E-state index contributed by atoms with van der Waals surface area (Å²) >= 11 is 0. The Bertz CT molecular complexity index is 1680. The number of esters is 3. The lowest BCUT2D eigenvalue weighted by atomic mass is 10.1. The van der Waals surface area contributed by atoms with Gasteiger partial charge in [0.2, 0.25) is 0 Å². The van der Waals surface area contributed by atoms with E-state index in [1.165, 1.54) is 83.5 Å². The Morgan fingerprint density at radius 2 is 0.513 bits per heavy atom. The molecule has 0 aromatic heterocycles. The van der Waals surface area contributed by atoms with E-state index in [9.17, 15) is 14.4 Å². The number of unbranched alkanes of at least 4 members (excludes halogenated alkanes) is 19. The molecule has 0 aromatic carbocycles. The second kappa shape index (κ2) is 62.8. The lowest BCUT2D eigenvalue weighted by Gasteiger charge is -2.18. The van der Waals surface area contributed by atoms with Crippen molar-refractivity contribution in [1.82, 2.24) is 0 Å². The normalized spacial score (nSPS) is 13.1. The van der Waals surface area contributed by atoms with Gasteiger partial charge in [0.05, 0.1) is 0 Å². The van der Waals surface area contributed by atoms with E-state index < -0.39 is 6.10 Å². The van der Waals surface area contributed by atoms with Crippen molar-refractivity contribution in [3.05, 3.63) is 146 Å². The number of carbonyl (C=O) groups excluding carboxylic acids is 3. The molecule has 76 heavy (non-hydrogen) atoms. The maximum atomic E-state index is 12.8. The predicted molar refractivity (Wildman–Crippen MR) is 329 cm³/mol. The summed E-state index contributed by atoms with van der Waals surface area (Å²) in [5, 5.41) is 0. The van der Waals surface area contributed by atoms with Crippen LogP contribution in [0.4, 0.5) is 0 Å². The van der Waals surface area contributed by atoms with Crippen molar-refractivity contribution in [1.29, 1.82) is 0 Å². The highest BCUT2D eigenvalue weighted by Gasteiger charge is 2.19. The summed E-state index contributed by atoms with van der Waals surface area (Å²) in [6, 6.07) is 0. The van der Waals surface area contributed by atoms with Crippen LogP contribution in [0.1, 0.15) is 258 Å². The van der Waals surface area contributed by atoms with Crippen LogP contribution in [0.5, 0.6) is 0 Å². The van der Waals surface area contributed by atoms with Gasteiger partial charge in [-0.25, -0.2) is 0 Å². The summed E-state index contributed by atoms with van der Waals surface area (Å²) in [5.74, 6) is -0.960. The van der Waals surface area contributed by atoms with Crippen molar-refractivity contribution in [2.45, 2.75) is 264 Å². The minimum Gasteiger partial charge on any atom is -0.462 e. The summed E-state index contributed by atoms with van der Waals surface area (Å²) < 4.78 is 16.8. The third-order valence-corrected chi connectivity index (χ3v) is 12.6. The molecule has 0 saturated carbocycles. The first-order valence-corrected chi connectivity index (χ1v) is 30.8. The third-order valence-electron chi connectivity index (χ3n) is 12.6. The number of allylic oxidation sites excluding steroid dienone is 24. The molecule has 0 bridgehead atoms. The number of hydrogen-bond acceptors (Lipinski definition) is 6. The van der Waals surface area contributed by atoms with Gasteiger partial charge in [0.1, 0.15) is 13.2 Å². The molecule has 0 spiro atoms. The highest BCUT2D eigenvalue weighted by molar-refractivity contribution is 5.71. The smallest absolute Gasteiger partial charge is 0.306 e. The van der Waals surface area contributed by atoms with Gasteiger partial charge in [0.25, 0.3) is 0 Å². The van der Waals surface area contributed by atoms with E-state index in [-0.39, 0.29) is 31.1 Å². The molecule has 0 aromatic rings. The number of hydrogen-bond donors (Lipinski definition) is 0. The standard InChI is InChI=1S/C70H112O6/c1-4-7-10-13-16-19-21-23-25-27-28-29-30-31-32-33-34-35-36-37-38-39-40-41-42-44-45-47-49-51-54-57-60-63-69(72)75-66-67(65-74-68(71)62-59-56-53-18-15-12-9-6-3)76-70(73)64-61-58-55-52-50-48-46-43-26-24-22-20-17-14-11-8-5-2/h7,10,16-17,19-20,23-26,28-29,31-32,34-35,37-38,40-41,44-45,49,51,67H,4-6,8-9,11-15,18,21-22,27,30,33,36,39,42-43,46-48,50,52-66H2,1-3H3/b10-7-,19-16-,20-17-,25-23-,26-24-,29-28-,32-31-,35-34-,38-37-,41-40-,45-44-,51-49-. The van der Waals surface area contributed by atoms with Gasteiger partial charge in [0, 0.05) is 19.3 Å². The molecule has 0 fully saturated rings. The Balaban J connectivity index is 4.30. The van der Waals surface area contributed by atoms with E-state index in [1.54, 1.807) is 0 Å². The Labute approximate surface area is 467 Å². The molecular formula is C70H112O6. The van der Waals surface area contributed by atoms with Gasteiger partial charge in [-0.1, -0.05) is 256 Å². The zero-order valence-electron chi connectivity index (χ0n) is 49.0. The minimum absolute atomic E-state index is 0.0982. The zero-order chi connectivity index (χ0) is 55.0. The van der Waals surface area contributed by atoms with Gasteiger partial charge < -0.3 is 14.2 Å². The molecule has 0 aliphatic rings. The van der Waals surface area contributed by atoms with Crippen LogP contribution in [0.2, 0.25) is 0 Å². The molecule has 6 heteroatoms. The molecule has 0 saturated heterocycles. The SMILES string of the molecule is CC/C=C\C/C=C\C/C=C\C/C=C\C/C=C\C/C=C\C/C=C\C/C=C\C/C=C\C/C=C\CCCCC(=O)OCC(COC(=O)CCCCCCCCCC)OC(=O)CCCCCCCCC/C=C\C/C=C\CCCCC. The summed E-state index contributed by atoms with van der Waals surface area (Å²) in [4.78, 5) is 38.0. The fraction of sp³-hybridized carbons (Fsp3) is 0.614. The first-order valence-electron chi connectivity index (χ1n) is 30.8. The van der Waals surface area contributed by atoms with Crippen molar-refractivity contribution in [2.24, 2.45) is 0 Å². The van der Waals surface area contributed by atoms with E-state index in [1.807, 2.05) is 0 Å². The average molecular weight is 1050 g/mol. The van der Waals surface area contributed by atoms with Gasteiger partial charge in [-0.05, 0) is 128 Å². The first kappa shape index (κ1) is 71.3. The average Bonchev–Trinajstić information content (AvgIpc) is 3.42. The van der Waals surface area contributed by atoms with Crippen LogP contribution in [0, 0.1) is 0 Å². The predicted octanol–water partition coefficient (Wildman–Crippen LogP) is 21.2. The van der Waals surface area contributed by atoms with Crippen LogP contribution in [-0.2, 0) is 28.6 Å². The van der Waals surface area contributed by atoms with Crippen LogP contribution >= 0.6 is 0 Å². The third kappa shape index (κ3) is 60.2. The van der Waals surface area contributed by atoms with Crippen LogP contribution < -0.4 is 0 Å². The lowest BCUT2D eigenvalue weighted by Crippen LogP contribution is -2.30. The molecule has 0 radical (unpaired) electrons. The van der Waals surface area contributed by atoms with Gasteiger partial charge >= 0.3 is 17.9 Å². The maximum Gasteiger partial charge on any atom is 0.306 e. The molecule has 0 heterocycles. The van der Waals surface area contributed by atoms with Crippen LogP contribution in [-0.4, -0.2) is 37.2 Å². The summed E-state index contributed by atoms with van der Waals surface area (Å²) in [6.45, 7) is 6.42. The van der Waals surface area contributed by atoms with E-state index in [4.69, 9.17) is 14.2 Å². The Kier molecular flexibility index (Phi) is 58.9. The largest absolute Gasteiger partial charge is 0.462 e. The quantitative estimate of drug-likeness (QED) is 0.0261. The molecular weight excluding hydrogens is 937 g/mol. The van der Waals surface area contributed by atoms with E-state index in [2.05, 4.69) is 167 Å². The van der Waals surface area contributed by atoms with Crippen molar-refractivity contribution >= 4 is 17.9 Å². The molecule has 1 unspecified atom stereocenters. The molecule has 0 rings (SSSR count). The fourth-order valence-electron chi connectivity index (χ4n) is 7.97. The Morgan fingerprint density at radius 1 is 0.276 bits per heavy atom. The van der Waals surface area contributed by atoms with Crippen molar-refractivity contribution in [2.75, 3.05) is 13.2 Å². The molecule has 1 atom stereocenters. The monoisotopic (exact) mass is 1050 g/mol. The molecule has 0 aliphatic heterocycles. The summed E-state index contributed by atoms with van der Waals surface area (Å²) in [5.41, 5.74) is 0. The molecule has 428 valence electrons. The zero-order valence-corrected chi connectivity index (χ0v) is 49.0. The topological polar surface area (TPSA) is 78.9 Å². The van der Waals surface area contributed by atoms with Crippen molar-refractivity contribution < 1.29 is 28.6 Å². The van der Waals surface area contributed by atoms with E-state index in [0.717, 1.165) is 128 Å². The Morgan fingerprint density at radius 3 is 0.855 bits per heavy atom. The maximum absolute atomic E-state index is 12.8. The van der Waals surface area contributed by atoms with Crippen LogP contribution in [0.15, 0.2) is 146 Å². The molecule has 0 amide bonds. The second-order valence-corrected chi connectivity index (χ2v) is 19.9. The molecule has 0 N–H and O–H groups in total. The molecule has 0 aliphatic carbocycles.